The number of halogens is 4. The molecule has 0 aliphatic heterocycles. The molecule has 0 unspecified atom stereocenters. The molecular weight excluding hydrogens is 740 g/mol. The monoisotopic (exact) mass is 766 g/mol. The van der Waals surface area contributed by atoms with Gasteiger partial charge in [-0.25, -0.2) is 8.42 Å². The summed E-state index contributed by atoms with van der Waals surface area (Å²) in [5.74, 6) is 0. The predicted molar refractivity (Wildman–Crippen MR) is 128 cm³/mol. The van der Waals surface area contributed by atoms with Crippen molar-refractivity contribution in [1.29, 1.82) is 0 Å². The number of hydrogen-bond donors (Lipinski definition) is 0. The van der Waals surface area contributed by atoms with E-state index in [1.807, 2.05) is 0 Å². The molecule has 2 nitrogen and oxygen atoms in total. The van der Waals surface area contributed by atoms with Crippen LogP contribution in [0.5, 0.6) is 0 Å². The Morgan fingerprint density at radius 1 is 0.667 bits per heavy atom. The van der Waals surface area contributed by atoms with E-state index in [1.165, 1.54) is 25.7 Å². The van der Waals surface area contributed by atoms with Crippen LogP contribution >= 0.6 is 90.4 Å². The molecule has 0 aliphatic carbocycles. The van der Waals surface area contributed by atoms with Gasteiger partial charge in [0.15, 0.2) is 11.4 Å². The molecule has 0 aromatic carbocycles. The third-order valence-electron chi connectivity index (χ3n) is 3.43. The van der Waals surface area contributed by atoms with Crippen LogP contribution in [-0.2, 0) is 9.84 Å². The fourth-order valence-corrected chi connectivity index (χ4v) is 14.4. The van der Waals surface area contributed by atoms with Gasteiger partial charge in [0.1, 0.15) is 0 Å². The molecule has 0 aliphatic rings. The van der Waals surface area contributed by atoms with Gasteiger partial charge in [0.25, 0.3) is 0 Å². The Hall–Kier alpha value is 2.87. The van der Waals surface area contributed by atoms with Crippen molar-refractivity contribution in [3.63, 3.8) is 0 Å². The summed E-state index contributed by atoms with van der Waals surface area (Å²) in [4.78, 5) is 0. The van der Waals surface area contributed by atoms with Gasteiger partial charge in [0.2, 0.25) is 0 Å². The Kier molecular flexibility index (Phi) is 13.0. The van der Waals surface area contributed by atoms with Gasteiger partial charge in [-0.15, -0.1) is 0 Å². The van der Waals surface area contributed by atoms with Crippen LogP contribution in [0.3, 0.4) is 0 Å². The summed E-state index contributed by atoms with van der Waals surface area (Å²) in [6.45, 7) is 4.35. The number of sulfone groups is 1. The molecule has 0 radical (unpaired) electrons. The maximum absolute atomic E-state index is 13.0. The largest absolute Gasteiger partial charge is 0.224 e. The summed E-state index contributed by atoms with van der Waals surface area (Å²) in [6, 6.07) is 0. The van der Waals surface area contributed by atoms with E-state index in [0.717, 1.165) is 38.5 Å². The van der Waals surface area contributed by atoms with Gasteiger partial charge in [-0.3, -0.25) is 0 Å². The lowest BCUT2D eigenvalue weighted by Gasteiger charge is -2.30. The average Bonchev–Trinajstić information content (AvgIpc) is 2.39. The van der Waals surface area contributed by atoms with Gasteiger partial charge in [-0.1, -0.05) is 65.2 Å². The molecule has 0 saturated heterocycles. The molecule has 21 heavy (non-hydrogen) atoms. The van der Waals surface area contributed by atoms with Crippen LogP contribution in [0.15, 0.2) is 0 Å². The van der Waals surface area contributed by atoms with E-state index >= 15 is 0 Å². The SMILES string of the molecule is CCCCCCC(I)(I)S(=O)(=O)C(I)(I)CCCCCC. The van der Waals surface area contributed by atoms with Crippen LogP contribution in [0, 0.1) is 0 Å². The van der Waals surface area contributed by atoms with Gasteiger partial charge < -0.3 is 0 Å². The molecule has 0 bridgehead atoms. The molecule has 0 spiro atoms. The summed E-state index contributed by atoms with van der Waals surface area (Å²) >= 11 is 8.61. The summed E-state index contributed by atoms with van der Waals surface area (Å²) in [6.07, 6.45) is 10.5. The van der Waals surface area contributed by atoms with Crippen molar-refractivity contribution in [2.75, 3.05) is 0 Å². The third kappa shape index (κ3) is 8.19. The molecule has 7 heteroatoms. The highest BCUT2D eigenvalue weighted by atomic mass is 127. The van der Waals surface area contributed by atoms with Gasteiger partial charge in [-0.2, -0.15) is 0 Å². The molecule has 0 aromatic heterocycles. The molecule has 0 saturated carbocycles. The van der Waals surface area contributed by atoms with Crippen LogP contribution in [0.25, 0.3) is 0 Å². The predicted octanol–water partition coefficient (Wildman–Crippen LogP) is 7.39. The lowest BCUT2D eigenvalue weighted by molar-refractivity contribution is 0.569. The molecule has 0 rings (SSSR count). The molecule has 0 heterocycles. The maximum Gasteiger partial charge on any atom is 0.198 e. The van der Waals surface area contributed by atoms with E-state index in [2.05, 4.69) is 104 Å². The summed E-state index contributed by atoms with van der Waals surface area (Å²) in [5.41, 5.74) is 0. The second-order valence-corrected chi connectivity index (χ2v) is 22.2. The first-order valence-electron chi connectivity index (χ1n) is 7.62. The van der Waals surface area contributed by atoms with Crippen molar-refractivity contribution in [3.8, 4) is 0 Å². The molecule has 0 amide bonds. The first-order chi connectivity index (χ1) is 9.62. The number of hydrogen-bond acceptors (Lipinski definition) is 2. The Labute approximate surface area is 185 Å². The first kappa shape index (κ1) is 23.9. The normalized spacial score (nSPS) is 13.6. The highest BCUT2D eigenvalue weighted by Gasteiger charge is 2.50. The van der Waals surface area contributed by atoms with Crippen LogP contribution in [0.4, 0.5) is 0 Å². The van der Waals surface area contributed by atoms with Crippen LogP contribution in [0.2, 0.25) is 0 Å². The minimum Gasteiger partial charge on any atom is -0.224 e. The van der Waals surface area contributed by atoms with E-state index in [9.17, 15) is 8.42 Å². The number of rotatable bonds is 12. The fourth-order valence-electron chi connectivity index (χ4n) is 2.00. The quantitative estimate of drug-likeness (QED) is 0.118. The second kappa shape index (κ2) is 11.5. The second-order valence-electron chi connectivity index (χ2n) is 5.40. The highest BCUT2D eigenvalue weighted by molar-refractivity contribution is 14.2. The van der Waals surface area contributed by atoms with Crippen molar-refractivity contribution in [3.05, 3.63) is 0 Å². The minimum atomic E-state index is -3.17. The Morgan fingerprint density at radius 3 is 1.29 bits per heavy atom. The smallest absolute Gasteiger partial charge is 0.198 e. The summed E-state index contributed by atoms with van der Waals surface area (Å²) < 4.78 is 24.6. The molecule has 0 fully saturated rings. The standard InChI is InChI=1S/C14H26I4O2S/c1-3-5-7-9-11-13(15,16)21(19,20)14(17,18)12-10-8-6-4-2/h3-12H2,1-2H3. The van der Waals surface area contributed by atoms with Crippen LogP contribution < -0.4 is 0 Å². The first-order valence-corrected chi connectivity index (χ1v) is 13.4. The third-order valence-corrected chi connectivity index (χ3v) is 14.5. The van der Waals surface area contributed by atoms with E-state index in [4.69, 9.17) is 0 Å². The molecule has 0 atom stereocenters. The Balaban J connectivity index is 4.65. The van der Waals surface area contributed by atoms with Gasteiger partial charge >= 0.3 is 0 Å². The van der Waals surface area contributed by atoms with Crippen molar-refractivity contribution in [2.24, 2.45) is 0 Å². The summed E-state index contributed by atoms with van der Waals surface area (Å²) in [5, 5.41) is 0. The zero-order chi connectivity index (χ0) is 16.6. The van der Waals surface area contributed by atoms with Gasteiger partial charge in [-0.05, 0) is 103 Å². The summed E-state index contributed by atoms with van der Waals surface area (Å²) in [7, 11) is -3.17. The zero-order valence-electron chi connectivity index (χ0n) is 12.8. The van der Waals surface area contributed by atoms with Crippen LogP contribution in [0.1, 0.15) is 78.1 Å². The lowest BCUT2D eigenvalue weighted by Crippen LogP contribution is -2.37. The molecule has 0 aromatic rings. The van der Waals surface area contributed by atoms with E-state index in [0.29, 0.717) is 0 Å². The molecule has 128 valence electrons. The van der Waals surface area contributed by atoms with E-state index in [-0.39, 0.29) is 0 Å². The van der Waals surface area contributed by atoms with Crippen molar-refractivity contribution in [1.82, 2.24) is 0 Å². The Morgan fingerprint density at radius 2 is 1.00 bits per heavy atom. The maximum atomic E-state index is 13.0. The van der Waals surface area contributed by atoms with Crippen LogP contribution in [-0.4, -0.2) is 9.94 Å². The lowest BCUT2D eigenvalue weighted by atomic mass is 10.2. The Bertz CT molecular complexity index is 350. The molecular formula is C14H26I4O2S. The minimum absolute atomic E-state index is 0.677. The van der Waals surface area contributed by atoms with Crippen molar-refractivity contribution >= 4 is 100 Å². The van der Waals surface area contributed by atoms with E-state index in [1.54, 1.807) is 0 Å². The van der Waals surface area contributed by atoms with Crippen molar-refractivity contribution < 1.29 is 8.42 Å². The topological polar surface area (TPSA) is 34.1 Å². The van der Waals surface area contributed by atoms with Gasteiger partial charge in [0, 0.05) is 0 Å². The van der Waals surface area contributed by atoms with Gasteiger partial charge in [0.05, 0.1) is 0 Å². The zero-order valence-corrected chi connectivity index (χ0v) is 22.3. The number of unbranched alkanes of at least 4 members (excludes halogenated alkanes) is 6. The fraction of sp³-hybridized carbons (Fsp3) is 1.00. The van der Waals surface area contributed by atoms with E-state index < -0.39 is 11.4 Å². The van der Waals surface area contributed by atoms with Crippen molar-refractivity contribution in [2.45, 2.75) is 79.6 Å². The highest BCUT2D eigenvalue weighted by Crippen LogP contribution is 2.52. The number of alkyl halides is 4. The average molecular weight is 766 g/mol. The molecule has 0 N–H and O–H groups in total.